The molecule has 3 heteroatoms. The topological polar surface area (TPSA) is 21.3 Å². The summed E-state index contributed by atoms with van der Waals surface area (Å²) in [5, 5.41) is 4.43. The Morgan fingerprint density at radius 3 is 2.48 bits per heavy atom. The Labute approximate surface area is 131 Å². The summed E-state index contributed by atoms with van der Waals surface area (Å²) in [5.41, 5.74) is 2.58. The van der Waals surface area contributed by atoms with Gasteiger partial charge in [-0.1, -0.05) is 41.9 Å². The molecule has 0 aliphatic heterocycles. The zero-order chi connectivity index (χ0) is 14.7. The molecular formula is C18H20ClNO. The molecule has 0 aromatic heterocycles. The number of hydrogen-bond acceptors (Lipinski definition) is 2. The summed E-state index contributed by atoms with van der Waals surface area (Å²) in [6.07, 6.45) is 2.38. The molecule has 2 aromatic rings. The quantitative estimate of drug-likeness (QED) is 0.884. The fourth-order valence-corrected chi connectivity index (χ4v) is 3.03. The summed E-state index contributed by atoms with van der Waals surface area (Å²) in [6, 6.07) is 17.0. The third kappa shape index (κ3) is 3.39. The highest BCUT2D eigenvalue weighted by Crippen LogP contribution is 2.37. The van der Waals surface area contributed by atoms with E-state index in [1.54, 1.807) is 7.11 Å². The van der Waals surface area contributed by atoms with Crippen molar-refractivity contribution in [3.8, 4) is 5.75 Å². The lowest BCUT2D eigenvalue weighted by molar-refractivity contribution is 0.289. The Hall–Kier alpha value is -1.51. The molecule has 1 fully saturated rings. The number of halogens is 1. The number of hydrogen-bond donors (Lipinski definition) is 1. The summed E-state index contributed by atoms with van der Waals surface area (Å²) < 4.78 is 5.20. The van der Waals surface area contributed by atoms with Crippen molar-refractivity contribution in [1.82, 2.24) is 5.32 Å². The van der Waals surface area contributed by atoms with Gasteiger partial charge in [0.05, 0.1) is 7.11 Å². The Bertz CT molecular complexity index is 590. The number of ether oxygens (including phenoxy) is 1. The molecule has 1 aliphatic rings. The minimum Gasteiger partial charge on any atom is -0.497 e. The van der Waals surface area contributed by atoms with Crippen molar-refractivity contribution in [3.05, 3.63) is 64.7 Å². The third-order valence-electron chi connectivity index (χ3n) is 4.26. The molecule has 0 spiro atoms. The average molecular weight is 302 g/mol. The first kappa shape index (κ1) is 14.4. The molecule has 2 aromatic carbocycles. The second-order valence-electron chi connectivity index (χ2n) is 5.61. The zero-order valence-electron chi connectivity index (χ0n) is 12.2. The Morgan fingerprint density at radius 1 is 1.10 bits per heavy atom. The largest absolute Gasteiger partial charge is 0.497 e. The molecule has 1 aliphatic carbocycles. The van der Waals surface area contributed by atoms with Gasteiger partial charge in [-0.3, -0.25) is 0 Å². The van der Waals surface area contributed by atoms with Gasteiger partial charge in [-0.15, -0.1) is 0 Å². The molecule has 0 saturated heterocycles. The molecule has 0 heterocycles. The van der Waals surface area contributed by atoms with E-state index in [0.717, 1.165) is 17.3 Å². The van der Waals surface area contributed by atoms with E-state index >= 15 is 0 Å². The maximum atomic E-state index is 6.17. The van der Waals surface area contributed by atoms with Gasteiger partial charge in [-0.25, -0.2) is 0 Å². The smallest absolute Gasteiger partial charge is 0.118 e. The van der Waals surface area contributed by atoms with E-state index in [1.165, 1.54) is 24.0 Å². The van der Waals surface area contributed by atoms with Crippen molar-refractivity contribution in [1.29, 1.82) is 0 Å². The Balaban J connectivity index is 1.48. The van der Waals surface area contributed by atoms with Crippen LogP contribution in [0.15, 0.2) is 48.5 Å². The minimum absolute atomic E-state index is 0.591. The van der Waals surface area contributed by atoms with Crippen LogP contribution in [0.4, 0.5) is 0 Å². The second-order valence-corrected chi connectivity index (χ2v) is 6.02. The molecule has 21 heavy (non-hydrogen) atoms. The van der Waals surface area contributed by atoms with Gasteiger partial charge >= 0.3 is 0 Å². The molecule has 3 rings (SSSR count). The van der Waals surface area contributed by atoms with Gasteiger partial charge in [-0.05, 0) is 48.1 Å². The molecule has 110 valence electrons. The van der Waals surface area contributed by atoms with Crippen molar-refractivity contribution >= 4 is 11.6 Å². The number of methoxy groups -OCH3 is 1. The van der Waals surface area contributed by atoms with Crippen LogP contribution in [0, 0.1) is 0 Å². The van der Waals surface area contributed by atoms with Crippen LogP contribution < -0.4 is 10.1 Å². The summed E-state index contributed by atoms with van der Waals surface area (Å²) >= 11 is 6.17. The number of rotatable bonds is 5. The first-order valence-corrected chi connectivity index (χ1v) is 7.75. The van der Waals surface area contributed by atoms with Crippen molar-refractivity contribution in [3.63, 3.8) is 0 Å². The molecule has 0 unspecified atom stereocenters. The van der Waals surface area contributed by atoms with Gasteiger partial charge in [0.2, 0.25) is 0 Å². The molecular weight excluding hydrogens is 282 g/mol. The number of nitrogens with one attached hydrogen (secondary N) is 1. The molecule has 0 bridgehead atoms. The highest BCUT2D eigenvalue weighted by molar-refractivity contribution is 6.31. The molecule has 1 N–H and O–H groups in total. The SMILES string of the molecule is COc1ccc(C2CC(NCc3ccccc3Cl)C2)cc1. The van der Waals surface area contributed by atoms with Gasteiger partial charge in [0.15, 0.2) is 0 Å². The molecule has 0 radical (unpaired) electrons. The van der Waals surface area contributed by atoms with Gasteiger partial charge in [0.25, 0.3) is 0 Å². The lowest BCUT2D eigenvalue weighted by Crippen LogP contribution is -2.39. The predicted octanol–water partition coefficient (Wildman–Crippen LogP) is 4.38. The summed E-state index contributed by atoms with van der Waals surface area (Å²) in [7, 11) is 1.70. The molecule has 2 nitrogen and oxygen atoms in total. The van der Waals surface area contributed by atoms with E-state index in [4.69, 9.17) is 16.3 Å². The fourth-order valence-electron chi connectivity index (χ4n) is 2.83. The van der Waals surface area contributed by atoms with E-state index in [1.807, 2.05) is 30.3 Å². The van der Waals surface area contributed by atoms with Gasteiger partial charge in [0.1, 0.15) is 5.75 Å². The summed E-state index contributed by atoms with van der Waals surface area (Å²) in [4.78, 5) is 0. The fraction of sp³-hybridized carbons (Fsp3) is 0.333. The highest BCUT2D eigenvalue weighted by atomic mass is 35.5. The van der Waals surface area contributed by atoms with Crippen LogP contribution in [0.3, 0.4) is 0 Å². The van der Waals surface area contributed by atoms with Crippen LogP contribution >= 0.6 is 11.6 Å². The van der Waals surface area contributed by atoms with Crippen LogP contribution in [0.2, 0.25) is 5.02 Å². The second kappa shape index (κ2) is 6.50. The summed E-state index contributed by atoms with van der Waals surface area (Å²) in [5.74, 6) is 1.59. The van der Waals surface area contributed by atoms with Crippen molar-refractivity contribution < 1.29 is 4.74 Å². The maximum Gasteiger partial charge on any atom is 0.118 e. The van der Waals surface area contributed by atoms with Gasteiger partial charge in [0, 0.05) is 17.6 Å². The van der Waals surface area contributed by atoms with E-state index in [2.05, 4.69) is 23.5 Å². The maximum absolute atomic E-state index is 6.17. The first-order valence-electron chi connectivity index (χ1n) is 7.37. The molecule has 1 saturated carbocycles. The van der Waals surface area contributed by atoms with E-state index in [9.17, 15) is 0 Å². The van der Waals surface area contributed by atoms with Gasteiger partial charge < -0.3 is 10.1 Å². The van der Waals surface area contributed by atoms with Crippen molar-refractivity contribution in [2.75, 3.05) is 7.11 Å². The lowest BCUT2D eigenvalue weighted by atomic mass is 9.76. The van der Waals surface area contributed by atoms with Crippen LogP contribution in [0.25, 0.3) is 0 Å². The normalized spacial score (nSPS) is 20.9. The van der Waals surface area contributed by atoms with E-state index in [0.29, 0.717) is 12.0 Å². The summed E-state index contributed by atoms with van der Waals surface area (Å²) in [6.45, 7) is 0.847. The van der Waals surface area contributed by atoms with Crippen molar-refractivity contribution in [2.45, 2.75) is 31.3 Å². The number of benzene rings is 2. The minimum atomic E-state index is 0.591. The Kier molecular flexibility index (Phi) is 4.47. The Morgan fingerprint density at radius 2 is 1.81 bits per heavy atom. The molecule has 0 amide bonds. The molecule has 0 atom stereocenters. The van der Waals surface area contributed by atoms with Crippen LogP contribution in [-0.4, -0.2) is 13.2 Å². The zero-order valence-corrected chi connectivity index (χ0v) is 12.9. The van der Waals surface area contributed by atoms with Crippen LogP contribution in [0.1, 0.15) is 29.9 Å². The average Bonchev–Trinajstić information content (AvgIpc) is 2.48. The predicted molar refractivity (Wildman–Crippen MR) is 87.0 cm³/mol. The first-order chi connectivity index (χ1) is 10.3. The van der Waals surface area contributed by atoms with Crippen molar-refractivity contribution in [2.24, 2.45) is 0 Å². The highest BCUT2D eigenvalue weighted by Gasteiger charge is 2.29. The van der Waals surface area contributed by atoms with Gasteiger partial charge in [-0.2, -0.15) is 0 Å². The standard InChI is InChI=1S/C18H20ClNO/c1-21-17-8-6-13(7-9-17)15-10-16(11-15)20-12-14-4-2-3-5-18(14)19/h2-9,15-16,20H,10-12H2,1H3. The van der Waals surface area contributed by atoms with E-state index < -0.39 is 0 Å². The lowest BCUT2D eigenvalue weighted by Gasteiger charge is -2.36. The monoisotopic (exact) mass is 301 g/mol. The third-order valence-corrected chi connectivity index (χ3v) is 4.63. The van der Waals surface area contributed by atoms with E-state index in [-0.39, 0.29) is 0 Å². The van der Waals surface area contributed by atoms with Crippen LogP contribution in [0.5, 0.6) is 5.75 Å². The van der Waals surface area contributed by atoms with Crippen LogP contribution in [-0.2, 0) is 6.54 Å².